The summed E-state index contributed by atoms with van der Waals surface area (Å²) in [6.07, 6.45) is 6.36. The van der Waals surface area contributed by atoms with Crippen LogP contribution in [0.15, 0.2) is 0 Å². The van der Waals surface area contributed by atoms with E-state index < -0.39 is 0 Å². The average Bonchev–Trinajstić information content (AvgIpc) is 2.53. The number of methoxy groups -OCH3 is 1. The zero-order chi connectivity index (χ0) is 9.03. The van der Waals surface area contributed by atoms with Gasteiger partial charge in [0.15, 0.2) is 0 Å². The minimum absolute atomic E-state index is 0.00646. The highest BCUT2D eigenvalue weighted by atomic mass is 16.5. The molecule has 0 aliphatic heterocycles. The van der Waals surface area contributed by atoms with Crippen molar-refractivity contribution in [3.05, 3.63) is 0 Å². The zero-order valence-electron chi connectivity index (χ0n) is 8.31. The van der Waals surface area contributed by atoms with Gasteiger partial charge in [0.25, 0.3) is 0 Å². The maximum atomic E-state index is 6.23. The third-order valence-electron chi connectivity index (χ3n) is 3.13. The lowest BCUT2D eigenvalue weighted by molar-refractivity contribution is 0.150. The van der Waals surface area contributed by atoms with Crippen LogP contribution in [0.1, 0.15) is 39.0 Å². The second kappa shape index (κ2) is 4.24. The minimum Gasteiger partial charge on any atom is -0.385 e. The van der Waals surface area contributed by atoms with Gasteiger partial charge in [0.05, 0.1) is 0 Å². The van der Waals surface area contributed by atoms with Gasteiger partial charge in [0.1, 0.15) is 0 Å². The molecular weight excluding hydrogens is 150 g/mol. The third-order valence-corrected chi connectivity index (χ3v) is 3.13. The lowest BCUT2D eigenvalue weighted by Crippen LogP contribution is -2.44. The van der Waals surface area contributed by atoms with Crippen molar-refractivity contribution in [2.45, 2.75) is 44.6 Å². The number of rotatable bonds is 4. The summed E-state index contributed by atoms with van der Waals surface area (Å²) < 4.78 is 5.06. The Labute approximate surface area is 75.5 Å². The van der Waals surface area contributed by atoms with Crippen LogP contribution in [-0.2, 0) is 4.74 Å². The predicted molar refractivity (Wildman–Crippen MR) is 51.0 cm³/mol. The lowest BCUT2D eigenvalue weighted by atomic mass is 9.83. The number of hydrogen-bond acceptors (Lipinski definition) is 2. The molecular formula is C10H21NO. The summed E-state index contributed by atoms with van der Waals surface area (Å²) in [5, 5.41) is 0. The molecule has 0 spiro atoms. The number of hydrogen-bond donors (Lipinski definition) is 1. The number of ether oxygens (including phenoxy) is 1. The molecule has 1 saturated carbocycles. The van der Waals surface area contributed by atoms with Gasteiger partial charge in [-0.05, 0) is 32.1 Å². The molecule has 0 aromatic rings. The minimum atomic E-state index is 0.00646. The molecule has 2 nitrogen and oxygen atoms in total. The van der Waals surface area contributed by atoms with Crippen molar-refractivity contribution in [3.8, 4) is 0 Å². The summed E-state index contributed by atoms with van der Waals surface area (Å²) in [7, 11) is 1.74. The highest BCUT2D eigenvalue weighted by molar-refractivity contribution is 4.89. The van der Waals surface area contributed by atoms with Crippen LogP contribution in [0, 0.1) is 5.92 Å². The van der Waals surface area contributed by atoms with Crippen LogP contribution >= 0.6 is 0 Å². The van der Waals surface area contributed by atoms with E-state index in [-0.39, 0.29) is 5.54 Å². The largest absolute Gasteiger partial charge is 0.385 e. The Balaban J connectivity index is 2.34. The van der Waals surface area contributed by atoms with Gasteiger partial charge < -0.3 is 10.5 Å². The summed E-state index contributed by atoms with van der Waals surface area (Å²) in [6, 6.07) is 0. The molecule has 0 bridgehead atoms. The van der Waals surface area contributed by atoms with E-state index in [4.69, 9.17) is 10.5 Å². The summed E-state index contributed by atoms with van der Waals surface area (Å²) in [4.78, 5) is 0. The van der Waals surface area contributed by atoms with Gasteiger partial charge >= 0.3 is 0 Å². The molecule has 1 atom stereocenters. The monoisotopic (exact) mass is 171 g/mol. The van der Waals surface area contributed by atoms with Gasteiger partial charge in [0.2, 0.25) is 0 Å². The first-order valence-corrected chi connectivity index (χ1v) is 4.94. The molecule has 2 N–H and O–H groups in total. The molecule has 0 heterocycles. The Morgan fingerprint density at radius 2 is 2.00 bits per heavy atom. The topological polar surface area (TPSA) is 35.2 Å². The van der Waals surface area contributed by atoms with Crippen molar-refractivity contribution in [1.29, 1.82) is 0 Å². The Bertz CT molecular complexity index is 128. The molecule has 1 fully saturated rings. The summed E-state index contributed by atoms with van der Waals surface area (Å²) in [6.45, 7) is 2.96. The second-order valence-electron chi connectivity index (χ2n) is 4.23. The van der Waals surface area contributed by atoms with Crippen LogP contribution in [0.2, 0.25) is 0 Å². The summed E-state index contributed by atoms with van der Waals surface area (Å²) in [5.41, 5.74) is 6.23. The van der Waals surface area contributed by atoms with E-state index in [1.807, 2.05) is 0 Å². The molecule has 12 heavy (non-hydrogen) atoms. The van der Waals surface area contributed by atoms with Crippen LogP contribution in [0.3, 0.4) is 0 Å². The van der Waals surface area contributed by atoms with Gasteiger partial charge in [-0.3, -0.25) is 0 Å². The Kier molecular flexibility index (Phi) is 3.53. The maximum absolute atomic E-state index is 6.23. The Morgan fingerprint density at radius 3 is 2.50 bits per heavy atom. The van der Waals surface area contributed by atoms with Crippen LogP contribution in [0.25, 0.3) is 0 Å². The van der Waals surface area contributed by atoms with E-state index in [9.17, 15) is 0 Å². The third kappa shape index (κ3) is 2.46. The van der Waals surface area contributed by atoms with Crippen molar-refractivity contribution in [2.75, 3.05) is 13.7 Å². The van der Waals surface area contributed by atoms with Crippen LogP contribution in [-0.4, -0.2) is 19.3 Å². The van der Waals surface area contributed by atoms with Crippen LogP contribution < -0.4 is 5.73 Å². The Hall–Kier alpha value is -0.0800. The van der Waals surface area contributed by atoms with E-state index >= 15 is 0 Å². The fourth-order valence-corrected chi connectivity index (χ4v) is 2.11. The first-order valence-electron chi connectivity index (χ1n) is 4.94. The molecule has 1 unspecified atom stereocenters. The summed E-state index contributed by atoms with van der Waals surface area (Å²) in [5.74, 6) is 0.729. The standard InChI is InChI=1S/C10H21NO/c1-10(11,7-8-12-2)9-5-3-4-6-9/h9H,3-8,11H2,1-2H3. The molecule has 1 rings (SSSR count). The lowest BCUT2D eigenvalue weighted by Gasteiger charge is -2.31. The average molecular weight is 171 g/mol. The molecule has 0 aromatic heterocycles. The zero-order valence-corrected chi connectivity index (χ0v) is 8.31. The van der Waals surface area contributed by atoms with Crippen molar-refractivity contribution >= 4 is 0 Å². The molecule has 2 heteroatoms. The van der Waals surface area contributed by atoms with Crippen LogP contribution in [0.5, 0.6) is 0 Å². The van der Waals surface area contributed by atoms with Crippen LogP contribution in [0.4, 0.5) is 0 Å². The van der Waals surface area contributed by atoms with E-state index in [0.717, 1.165) is 18.9 Å². The molecule has 0 aromatic carbocycles. The Morgan fingerprint density at radius 1 is 1.42 bits per heavy atom. The van der Waals surface area contributed by atoms with Gasteiger partial charge in [-0.2, -0.15) is 0 Å². The smallest absolute Gasteiger partial charge is 0.0479 e. The highest BCUT2D eigenvalue weighted by Crippen LogP contribution is 2.34. The number of nitrogens with two attached hydrogens (primary N) is 1. The SMILES string of the molecule is COCCC(C)(N)C1CCCC1. The predicted octanol–water partition coefficient (Wildman–Crippen LogP) is 1.93. The molecule has 72 valence electrons. The maximum Gasteiger partial charge on any atom is 0.0479 e. The van der Waals surface area contributed by atoms with Gasteiger partial charge in [-0.15, -0.1) is 0 Å². The van der Waals surface area contributed by atoms with Gasteiger partial charge in [0, 0.05) is 19.3 Å². The molecule has 1 aliphatic carbocycles. The quantitative estimate of drug-likeness (QED) is 0.701. The van der Waals surface area contributed by atoms with Crippen molar-refractivity contribution in [2.24, 2.45) is 11.7 Å². The molecule has 0 saturated heterocycles. The fraction of sp³-hybridized carbons (Fsp3) is 1.00. The molecule has 0 amide bonds. The molecule has 1 aliphatic rings. The van der Waals surface area contributed by atoms with E-state index in [2.05, 4.69) is 6.92 Å². The van der Waals surface area contributed by atoms with E-state index in [1.165, 1.54) is 25.7 Å². The first kappa shape index (κ1) is 10.0. The van der Waals surface area contributed by atoms with Gasteiger partial charge in [-0.1, -0.05) is 12.8 Å². The van der Waals surface area contributed by atoms with Gasteiger partial charge in [-0.25, -0.2) is 0 Å². The van der Waals surface area contributed by atoms with E-state index in [1.54, 1.807) is 7.11 Å². The normalized spacial score (nSPS) is 24.2. The second-order valence-corrected chi connectivity index (χ2v) is 4.23. The van der Waals surface area contributed by atoms with Crippen molar-refractivity contribution in [3.63, 3.8) is 0 Å². The van der Waals surface area contributed by atoms with E-state index in [0.29, 0.717) is 0 Å². The highest BCUT2D eigenvalue weighted by Gasteiger charge is 2.31. The van der Waals surface area contributed by atoms with Crippen molar-refractivity contribution < 1.29 is 4.74 Å². The van der Waals surface area contributed by atoms with Crippen molar-refractivity contribution in [1.82, 2.24) is 0 Å². The first-order chi connectivity index (χ1) is 5.67. The fourth-order valence-electron chi connectivity index (χ4n) is 2.11. The molecule has 0 radical (unpaired) electrons. The summed E-state index contributed by atoms with van der Waals surface area (Å²) >= 11 is 0.